The molecule has 2 unspecified atom stereocenters. The van der Waals surface area contributed by atoms with Gasteiger partial charge >= 0.3 is 0 Å². The molecular weight excluding hydrogens is 220 g/mol. The molecule has 2 heteroatoms. The van der Waals surface area contributed by atoms with Gasteiger partial charge in [-0.25, -0.2) is 0 Å². The molecule has 0 aromatic carbocycles. The standard InChI is InChI=1S/C16H30N2/c1-13-11-14(16-8-3-5-9-17(16)2)12-18-10-6-4-7-15(13)18/h13-16H,3-12H2,1-2H3/t13-,14?,15+,16?/m1/s1. The number of likely N-dealkylation sites (tertiary alicyclic amines) is 1. The van der Waals surface area contributed by atoms with Gasteiger partial charge in [0.1, 0.15) is 0 Å². The minimum Gasteiger partial charge on any atom is -0.303 e. The normalized spacial score (nSPS) is 43.7. The Hall–Kier alpha value is -0.0800. The molecule has 0 bridgehead atoms. The van der Waals surface area contributed by atoms with Gasteiger partial charge in [-0.15, -0.1) is 0 Å². The summed E-state index contributed by atoms with van der Waals surface area (Å²) < 4.78 is 0. The van der Waals surface area contributed by atoms with Crippen LogP contribution in [0, 0.1) is 11.8 Å². The lowest BCUT2D eigenvalue weighted by Gasteiger charge is -2.50. The van der Waals surface area contributed by atoms with Crippen molar-refractivity contribution in [1.82, 2.24) is 9.80 Å². The SMILES string of the molecule is C[C@@H]1CC(C2CCCCN2C)CN2CCCC[C@@H]12. The zero-order valence-corrected chi connectivity index (χ0v) is 12.3. The van der Waals surface area contributed by atoms with Gasteiger partial charge in [-0.2, -0.15) is 0 Å². The topological polar surface area (TPSA) is 6.48 Å². The van der Waals surface area contributed by atoms with Crippen LogP contribution < -0.4 is 0 Å². The van der Waals surface area contributed by atoms with Crippen molar-refractivity contribution in [3.8, 4) is 0 Å². The van der Waals surface area contributed by atoms with Crippen molar-refractivity contribution >= 4 is 0 Å². The summed E-state index contributed by atoms with van der Waals surface area (Å²) in [7, 11) is 2.36. The van der Waals surface area contributed by atoms with E-state index in [1.54, 1.807) is 0 Å². The number of hydrogen-bond donors (Lipinski definition) is 0. The third-order valence-electron chi connectivity index (χ3n) is 5.84. The summed E-state index contributed by atoms with van der Waals surface area (Å²) >= 11 is 0. The Morgan fingerprint density at radius 2 is 1.61 bits per heavy atom. The third kappa shape index (κ3) is 2.46. The van der Waals surface area contributed by atoms with E-state index in [2.05, 4.69) is 23.8 Å². The lowest BCUT2D eigenvalue weighted by molar-refractivity contribution is -0.00405. The van der Waals surface area contributed by atoms with Gasteiger partial charge in [0.15, 0.2) is 0 Å². The fraction of sp³-hybridized carbons (Fsp3) is 1.00. The van der Waals surface area contributed by atoms with Crippen molar-refractivity contribution in [3.05, 3.63) is 0 Å². The van der Waals surface area contributed by atoms with E-state index in [1.807, 2.05) is 0 Å². The van der Waals surface area contributed by atoms with Crippen molar-refractivity contribution in [2.45, 2.75) is 64.0 Å². The van der Waals surface area contributed by atoms with Crippen LogP contribution in [0.3, 0.4) is 0 Å². The highest BCUT2D eigenvalue weighted by Gasteiger charge is 2.39. The fourth-order valence-electron chi connectivity index (χ4n) is 4.87. The predicted molar refractivity (Wildman–Crippen MR) is 76.8 cm³/mol. The van der Waals surface area contributed by atoms with Gasteiger partial charge in [-0.05, 0) is 64.1 Å². The van der Waals surface area contributed by atoms with E-state index in [4.69, 9.17) is 0 Å². The number of rotatable bonds is 1. The average molecular weight is 250 g/mol. The number of nitrogens with zero attached hydrogens (tertiary/aromatic N) is 2. The molecule has 104 valence electrons. The molecule has 3 aliphatic rings. The molecule has 18 heavy (non-hydrogen) atoms. The summed E-state index contributed by atoms with van der Waals surface area (Å²) in [6.45, 7) is 6.61. The first-order valence-electron chi connectivity index (χ1n) is 8.20. The molecule has 0 amide bonds. The van der Waals surface area contributed by atoms with E-state index >= 15 is 0 Å². The van der Waals surface area contributed by atoms with Gasteiger partial charge in [0.05, 0.1) is 0 Å². The maximum absolute atomic E-state index is 2.84. The van der Waals surface area contributed by atoms with Crippen molar-refractivity contribution in [1.29, 1.82) is 0 Å². The van der Waals surface area contributed by atoms with Gasteiger partial charge < -0.3 is 4.90 Å². The van der Waals surface area contributed by atoms with Crippen LogP contribution >= 0.6 is 0 Å². The predicted octanol–water partition coefficient (Wildman–Crippen LogP) is 2.98. The molecule has 0 aliphatic carbocycles. The third-order valence-corrected chi connectivity index (χ3v) is 5.84. The summed E-state index contributed by atoms with van der Waals surface area (Å²) in [5.41, 5.74) is 0. The summed E-state index contributed by atoms with van der Waals surface area (Å²) in [5.74, 6) is 1.87. The summed E-state index contributed by atoms with van der Waals surface area (Å²) in [5, 5.41) is 0. The largest absolute Gasteiger partial charge is 0.303 e. The van der Waals surface area contributed by atoms with Crippen LogP contribution in [0.25, 0.3) is 0 Å². The zero-order chi connectivity index (χ0) is 12.5. The van der Waals surface area contributed by atoms with Crippen molar-refractivity contribution in [2.24, 2.45) is 11.8 Å². The van der Waals surface area contributed by atoms with Crippen molar-refractivity contribution < 1.29 is 0 Å². The smallest absolute Gasteiger partial charge is 0.0133 e. The Labute approximate surface area is 113 Å². The van der Waals surface area contributed by atoms with Crippen LogP contribution in [0.4, 0.5) is 0 Å². The average Bonchev–Trinajstić information content (AvgIpc) is 2.39. The highest BCUT2D eigenvalue weighted by molar-refractivity contribution is 4.93. The minimum atomic E-state index is 0.879. The summed E-state index contributed by atoms with van der Waals surface area (Å²) in [6.07, 6.45) is 10.2. The van der Waals surface area contributed by atoms with E-state index < -0.39 is 0 Å². The van der Waals surface area contributed by atoms with Crippen LogP contribution in [0.2, 0.25) is 0 Å². The van der Waals surface area contributed by atoms with Crippen LogP contribution in [0.1, 0.15) is 51.9 Å². The number of piperidine rings is 3. The second kappa shape index (κ2) is 5.50. The lowest BCUT2D eigenvalue weighted by Crippen LogP contribution is -2.55. The maximum Gasteiger partial charge on any atom is 0.0133 e. The Morgan fingerprint density at radius 1 is 0.889 bits per heavy atom. The van der Waals surface area contributed by atoms with E-state index in [1.165, 1.54) is 64.6 Å². The molecular formula is C16H30N2. The first-order chi connectivity index (χ1) is 8.75. The first-order valence-corrected chi connectivity index (χ1v) is 8.20. The highest BCUT2D eigenvalue weighted by Crippen LogP contribution is 2.37. The molecule has 0 radical (unpaired) electrons. The molecule has 3 aliphatic heterocycles. The molecule has 0 saturated carbocycles. The fourth-order valence-corrected chi connectivity index (χ4v) is 4.87. The van der Waals surface area contributed by atoms with E-state index in [0.29, 0.717) is 0 Å². The van der Waals surface area contributed by atoms with Crippen LogP contribution in [-0.4, -0.2) is 48.6 Å². The highest BCUT2D eigenvalue weighted by atomic mass is 15.2. The molecule has 3 rings (SSSR count). The number of hydrogen-bond acceptors (Lipinski definition) is 2. The summed E-state index contributed by atoms with van der Waals surface area (Å²) in [4.78, 5) is 5.50. The Kier molecular flexibility index (Phi) is 3.95. The molecule has 2 nitrogen and oxygen atoms in total. The molecule has 0 spiro atoms. The van der Waals surface area contributed by atoms with E-state index in [9.17, 15) is 0 Å². The van der Waals surface area contributed by atoms with Gasteiger partial charge in [0.2, 0.25) is 0 Å². The lowest BCUT2D eigenvalue weighted by atomic mass is 9.75. The molecule has 3 saturated heterocycles. The molecule has 4 atom stereocenters. The van der Waals surface area contributed by atoms with Crippen molar-refractivity contribution in [3.63, 3.8) is 0 Å². The molecule has 3 heterocycles. The van der Waals surface area contributed by atoms with Crippen LogP contribution in [-0.2, 0) is 0 Å². The monoisotopic (exact) mass is 250 g/mol. The van der Waals surface area contributed by atoms with Gasteiger partial charge in [-0.3, -0.25) is 4.90 Å². The Balaban J connectivity index is 1.66. The van der Waals surface area contributed by atoms with E-state index in [-0.39, 0.29) is 0 Å². The second-order valence-electron chi connectivity index (χ2n) is 7.07. The van der Waals surface area contributed by atoms with E-state index in [0.717, 1.165) is 23.9 Å². The molecule has 0 N–H and O–H groups in total. The Morgan fingerprint density at radius 3 is 2.39 bits per heavy atom. The molecule has 0 aromatic rings. The zero-order valence-electron chi connectivity index (χ0n) is 12.3. The van der Waals surface area contributed by atoms with Gasteiger partial charge in [-0.1, -0.05) is 19.8 Å². The minimum absolute atomic E-state index is 0.879. The molecule has 0 aromatic heterocycles. The Bertz CT molecular complexity index is 278. The second-order valence-corrected chi connectivity index (χ2v) is 7.07. The van der Waals surface area contributed by atoms with Gasteiger partial charge in [0, 0.05) is 18.6 Å². The van der Waals surface area contributed by atoms with Crippen LogP contribution in [0.15, 0.2) is 0 Å². The maximum atomic E-state index is 2.84. The van der Waals surface area contributed by atoms with Crippen LogP contribution in [0.5, 0.6) is 0 Å². The molecule has 3 fully saturated rings. The van der Waals surface area contributed by atoms with Gasteiger partial charge in [0.25, 0.3) is 0 Å². The number of fused-ring (bicyclic) bond motifs is 1. The summed E-state index contributed by atoms with van der Waals surface area (Å²) in [6, 6.07) is 1.80. The van der Waals surface area contributed by atoms with Crippen molar-refractivity contribution in [2.75, 3.05) is 26.7 Å². The quantitative estimate of drug-likeness (QED) is 0.706. The first kappa shape index (κ1) is 12.9.